The Morgan fingerprint density at radius 3 is 1.96 bits per heavy atom. The Hall–Kier alpha value is -3.30. The lowest BCUT2D eigenvalue weighted by Crippen LogP contribution is -2.16. The van der Waals surface area contributed by atoms with E-state index in [4.69, 9.17) is 9.47 Å². The van der Waals surface area contributed by atoms with Crippen LogP contribution in [0.1, 0.15) is 18.1 Å². The van der Waals surface area contributed by atoms with Crippen LogP contribution in [0.4, 0.5) is 0 Å². The minimum absolute atomic E-state index is 0.0774. The molecular weight excluding hydrogens is 374 g/mol. The Bertz CT molecular complexity index is 985. The van der Waals surface area contributed by atoms with Gasteiger partial charge in [-0.05, 0) is 30.2 Å². The molecule has 1 aliphatic rings. The molecule has 0 atom stereocenters. The van der Waals surface area contributed by atoms with Gasteiger partial charge < -0.3 is 9.47 Å². The normalized spacial score (nSPS) is 11.5. The van der Waals surface area contributed by atoms with Crippen molar-refractivity contribution in [2.75, 3.05) is 13.2 Å². The molecule has 0 N–H and O–H groups in total. The van der Waals surface area contributed by atoms with Crippen molar-refractivity contribution in [1.82, 2.24) is 0 Å². The summed E-state index contributed by atoms with van der Waals surface area (Å²) in [6.45, 7) is 4.76. The number of fused-ring (bicyclic) bond motifs is 2. The molecule has 0 fully saturated rings. The number of hydrogen-bond acceptors (Lipinski definition) is 6. The number of rotatable bonds is 5. The number of ether oxygens (including phenoxy) is 2. The minimum atomic E-state index is -0.750. The van der Waals surface area contributed by atoms with Gasteiger partial charge in [0.25, 0.3) is 0 Å². The average Bonchev–Trinajstić information content (AvgIpc) is 2.70. The van der Waals surface area contributed by atoms with Crippen LogP contribution in [0, 0.1) is 11.3 Å². The van der Waals surface area contributed by atoms with E-state index in [1.165, 1.54) is 6.92 Å². The number of benzene rings is 2. The Morgan fingerprint density at radius 2 is 1.46 bits per heavy atom. The molecule has 0 aromatic heterocycles. The standard InChI is InChI=1S/C22H17NO4S/c1-14(2)21(24)26-11-12-27-22(25)17(13-23)20-15-7-3-5-9-18(15)28-19-10-6-4-8-16(19)20/h3-10H,1,11-12H2,2H3. The van der Waals surface area contributed by atoms with Crippen LogP contribution in [-0.2, 0) is 19.1 Å². The van der Waals surface area contributed by atoms with Crippen molar-refractivity contribution in [1.29, 1.82) is 5.26 Å². The van der Waals surface area contributed by atoms with Crippen LogP contribution >= 0.6 is 11.8 Å². The molecule has 1 aliphatic heterocycles. The molecule has 0 saturated heterocycles. The van der Waals surface area contributed by atoms with Gasteiger partial charge in [0, 0.05) is 20.9 Å². The molecule has 140 valence electrons. The molecule has 1 heterocycles. The molecule has 0 unspecified atom stereocenters. The van der Waals surface area contributed by atoms with Crippen LogP contribution < -0.4 is 0 Å². The Labute approximate surface area is 167 Å². The molecular formula is C22H17NO4S. The maximum absolute atomic E-state index is 12.6. The second-order valence-corrected chi connectivity index (χ2v) is 7.09. The highest BCUT2D eigenvalue weighted by Crippen LogP contribution is 2.46. The van der Waals surface area contributed by atoms with Crippen LogP contribution in [-0.4, -0.2) is 25.2 Å². The highest BCUT2D eigenvalue weighted by Gasteiger charge is 2.27. The van der Waals surface area contributed by atoms with E-state index in [1.54, 1.807) is 11.8 Å². The van der Waals surface area contributed by atoms with Crippen LogP contribution in [0.5, 0.6) is 0 Å². The molecule has 5 nitrogen and oxygen atoms in total. The zero-order valence-corrected chi connectivity index (χ0v) is 16.0. The molecule has 3 rings (SSSR count). The van der Waals surface area contributed by atoms with Crippen LogP contribution in [0.25, 0.3) is 5.57 Å². The number of nitriles is 1. The fourth-order valence-electron chi connectivity index (χ4n) is 2.72. The third-order valence-electron chi connectivity index (χ3n) is 4.00. The van der Waals surface area contributed by atoms with E-state index < -0.39 is 11.9 Å². The number of esters is 2. The molecule has 0 bridgehead atoms. The maximum Gasteiger partial charge on any atom is 0.349 e. The van der Waals surface area contributed by atoms with Gasteiger partial charge in [0.1, 0.15) is 24.9 Å². The largest absolute Gasteiger partial charge is 0.459 e. The Morgan fingerprint density at radius 1 is 0.964 bits per heavy atom. The van der Waals surface area contributed by atoms with Gasteiger partial charge in [-0.15, -0.1) is 0 Å². The van der Waals surface area contributed by atoms with E-state index in [-0.39, 0.29) is 24.4 Å². The summed E-state index contributed by atoms with van der Waals surface area (Å²) in [6.07, 6.45) is 0. The molecule has 0 spiro atoms. The number of nitrogens with zero attached hydrogens (tertiary/aromatic N) is 1. The highest BCUT2D eigenvalue weighted by molar-refractivity contribution is 7.99. The van der Waals surface area contributed by atoms with Crippen molar-refractivity contribution in [3.05, 3.63) is 77.4 Å². The van der Waals surface area contributed by atoms with E-state index in [0.29, 0.717) is 5.57 Å². The second-order valence-electron chi connectivity index (χ2n) is 6.01. The molecule has 0 amide bonds. The Balaban J connectivity index is 1.90. The van der Waals surface area contributed by atoms with Crippen LogP contribution in [0.3, 0.4) is 0 Å². The van der Waals surface area contributed by atoms with Crippen LogP contribution in [0.15, 0.2) is 76.0 Å². The second kappa shape index (κ2) is 8.59. The number of carbonyl (C=O) groups is 2. The third-order valence-corrected chi connectivity index (χ3v) is 5.15. The first kappa shape index (κ1) is 19.5. The van der Waals surface area contributed by atoms with Gasteiger partial charge in [0.15, 0.2) is 0 Å². The summed E-state index contributed by atoms with van der Waals surface area (Å²) >= 11 is 1.59. The number of carbonyl (C=O) groups excluding carboxylic acids is 2. The molecule has 28 heavy (non-hydrogen) atoms. The maximum atomic E-state index is 12.6. The van der Waals surface area contributed by atoms with Gasteiger partial charge in [-0.2, -0.15) is 5.26 Å². The van der Waals surface area contributed by atoms with Crippen molar-refractivity contribution >= 4 is 29.3 Å². The van der Waals surface area contributed by atoms with Crippen molar-refractivity contribution in [2.45, 2.75) is 16.7 Å². The highest BCUT2D eigenvalue weighted by atomic mass is 32.2. The summed E-state index contributed by atoms with van der Waals surface area (Å²) in [6, 6.07) is 17.2. The predicted octanol–water partition coefficient (Wildman–Crippen LogP) is 4.14. The molecule has 2 aromatic rings. The van der Waals surface area contributed by atoms with E-state index >= 15 is 0 Å². The molecule has 0 radical (unpaired) electrons. The topological polar surface area (TPSA) is 76.4 Å². The van der Waals surface area contributed by atoms with Gasteiger partial charge in [-0.3, -0.25) is 0 Å². The van der Waals surface area contributed by atoms with Crippen LogP contribution in [0.2, 0.25) is 0 Å². The van der Waals surface area contributed by atoms with Gasteiger partial charge in [0.05, 0.1) is 0 Å². The predicted molar refractivity (Wildman–Crippen MR) is 105 cm³/mol. The lowest BCUT2D eigenvalue weighted by atomic mass is 9.92. The fraction of sp³-hybridized carbons (Fsp3) is 0.136. The van der Waals surface area contributed by atoms with E-state index in [0.717, 1.165) is 20.9 Å². The molecule has 0 saturated carbocycles. The lowest BCUT2D eigenvalue weighted by Gasteiger charge is -2.22. The van der Waals surface area contributed by atoms with Gasteiger partial charge in [-0.1, -0.05) is 54.7 Å². The SMILES string of the molecule is C=C(C)C(=O)OCCOC(=O)C(C#N)=C1c2ccccc2Sc2ccccc21. The molecule has 0 aliphatic carbocycles. The zero-order chi connectivity index (χ0) is 20.1. The summed E-state index contributed by atoms with van der Waals surface area (Å²) in [5, 5.41) is 9.70. The van der Waals surface area contributed by atoms with E-state index in [1.807, 2.05) is 54.6 Å². The molecule has 6 heteroatoms. The lowest BCUT2D eigenvalue weighted by molar-refractivity contribution is -0.147. The van der Waals surface area contributed by atoms with Crippen molar-refractivity contribution in [2.24, 2.45) is 0 Å². The minimum Gasteiger partial charge on any atom is -0.459 e. The van der Waals surface area contributed by atoms with Crippen molar-refractivity contribution < 1.29 is 19.1 Å². The first-order valence-electron chi connectivity index (χ1n) is 8.53. The van der Waals surface area contributed by atoms with Crippen molar-refractivity contribution in [3.8, 4) is 6.07 Å². The fourth-order valence-corrected chi connectivity index (χ4v) is 3.82. The summed E-state index contributed by atoms with van der Waals surface area (Å²) in [5.74, 6) is -1.30. The van der Waals surface area contributed by atoms with E-state index in [9.17, 15) is 14.9 Å². The average molecular weight is 391 g/mol. The Kier molecular flexibility index (Phi) is 5.97. The summed E-state index contributed by atoms with van der Waals surface area (Å²) in [4.78, 5) is 25.9. The zero-order valence-electron chi connectivity index (χ0n) is 15.2. The van der Waals surface area contributed by atoms with Crippen molar-refractivity contribution in [3.63, 3.8) is 0 Å². The quantitative estimate of drug-likeness (QED) is 0.282. The summed E-state index contributed by atoms with van der Waals surface area (Å²) in [7, 11) is 0. The van der Waals surface area contributed by atoms with E-state index in [2.05, 4.69) is 6.58 Å². The molecule has 2 aromatic carbocycles. The number of hydrogen-bond donors (Lipinski definition) is 0. The first-order valence-corrected chi connectivity index (χ1v) is 9.35. The van der Waals surface area contributed by atoms with Gasteiger partial charge >= 0.3 is 11.9 Å². The van der Waals surface area contributed by atoms with Gasteiger partial charge in [-0.25, -0.2) is 9.59 Å². The monoisotopic (exact) mass is 391 g/mol. The summed E-state index contributed by atoms with van der Waals surface area (Å²) < 4.78 is 10.1. The third kappa shape index (κ3) is 4.00. The van der Waals surface area contributed by atoms with Gasteiger partial charge in [0.2, 0.25) is 0 Å². The summed E-state index contributed by atoms with van der Waals surface area (Å²) in [5.41, 5.74) is 2.36. The first-order chi connectivity index (χ1) is 13.5. The smallest absolute Gasteiger partial charge is 0.349 e.